The van der Waals surface area contributed by atoms with Gasteiger partial charge >= 0.3 is 0 Å². The van der Waals surface area contributed by atoms with Gasteiger partial charge in [0, 0.05) is 41.8 Å². The third-order valence-electron chi connectivity index (χ3n) is 7.46. The summed E-state index contributed by atoms with van der Waals surface area (Å²) in [5, 5.41) is 1.16. The number of hydrogen-bond acceptors (Lipinski definition) is 5. The largest absolute Gasteiger partial charge is 0.494 e. The summed E-state index contributed by atoms with van der Waals surface area (Å²) in [6.07, 6.45) is 4.52. The van der Waals surface area contributed by atoms with Crippen LogP contribution in [0.1, 0.15) is 41.3 Å². The van der Waals surface area contributed by atoms with E-state index in [0.717, 1.165) is 40.6 Å². The first kappa shape index (κ1) is 25.8. The van der Waals surface area contributed by atoms with Crippen LogP contribution in [0, 0.1) is 0 Å². The van der Waals surface area contributed by atoms with Gasteiger partial charge in [-0.25, -0.2) is 0 Å². The van der Waals surface area contributed by atoms with E-state index in [0.29, 0.717) is 43.2 Å². The van der Waals surface area contributed by atoms with Crippen molar-refractivity contribution in [2.24, 2.45) is 0 Å². The topological polar surface area (TPSA) is 84.1 Å². The zero-order chi connectivity index (χ0) is 27.5. The van der Waals surface area contributed by atoms with E-state index in [1.54, 1.807) is 23.1 Å². The van der Waals surface area contributed by atoms with Gasteiger partial charge in [0.05, 0.1) is 6.61 Å². The summed E-state index contributed by atoms with van der Waals surface area (Å²) in [6.45, 7) is 3.71. The molecule has 1 saturated carbocycles. The number of carbonyl (C=O) groups excluding carboxylic acids is 2. The van der Waals surface area contributed by atoms with Crippen LogP contribution in [0.3, 0.4) is 0 Å². The SMILES string of the molecule is CCOc1ccc(CN(CCc2c[nH]c3ccccc23)C(=O)CN(C(=O)c2ccc3c(c2)OCO3)C2CC2)cc1. The molecule has 1 fully saturated rings. The Hall–Kier alpha value is -4.46. The molecule has 6 rings (SSSR count). The fraction of sp³-hybridized carbons (Fsp3) is 0.312. The average molecular weight is 540 g/mol. The van der Waals surface area contributed by atoms with Crippen LogP contribution in [0.25, 0.3) is 10.9 Å². The zero-order valence-electron chi connectivity index (χ0n) is 22.6. The lowest BCUT2D eigenvalue weighted by Crippen LogP contribution is -2.44. The molecule has 3 aromatic carbocycles. The molecule has 0 bridgehead atoms. The molecule has 0 unspecified atom stereocenters. The summed E-state index contributed by atoms with van der Waals surface area (Å²) in [5.74, 6) is 1.76. The standard InChI is InChI=1S/C32H33N3O5/c1-2-38-26-12-7-22(8-13-26)19-34(16-15-24-18-33-28-6-4-3-5-27(24)28)31(36)20-35(25-10-11-25)32(37)23-9-14-29-30(17-23)40-21-39-29/h3-9,12-14,17-18,25,33H,2,10-11,15-16,19-21H2,1H3. The van der Waals surface area contributed by atoms with Crippen molar-refractivity contribution >= 4 is 22.7 Å². The molecule has 0 atom stereocenters. The molecule has 0 spiro atoms. The smallest absolute Gasteiger partial charge is 0.254 e. The fourth-order valence-electron chi connectivity index (χ4n) is 5.16. The highest BCUT2D eigenvalue weighted by Crippen LogP contribution is 2.34. The minimum absolute atomic E-state index is 0.0306. The first-order valence-electron chi connectivity index (χ1n) is 13.8. The Morgan fingerprint density at radius 1 is 1.00 bits per heavy atom. The van der Waals surface area contributed by atoms with E-state index >= 15 is 0 Å². The van der Waals surface area contributed by atoms with Crippen molar-refractivity contribution < 1.29 is 23.8 Å². The van der Waals surface area contributed by atoms with Gasteiger partial charge in [-0.05, 0) is 73.7 Å². The Kier molecular flexibility index (Phi) is 7.31. The highest BCUT2D eigenvalue weighted by atomic mass is 16.7. The number of ether oxygens (including phenoxy) is 3. The molecule has 8 heteroatoms. The van der Waals surface area contributed by atoms with Crippen molar-refractivity contribution in [3.8, 4) is 17.2 Å². The molecule has 40 heavy (non-hydrogen) atoms. The van der Waals surface area contributed by atoms with Gasteiger partial charge in [0.1, 0.15) is 12.3 Å². The van der Waals surface area contributed by atoms with Gasteiger partial charge < -0.3 is 29.0 Å². The first-order valence-corrected chi connectivity index (χ1v) is 13.8. The van der Waals surface area contributed by atoms with Crippen molar-refractivity contribution in [1.82, 2.24) is 14.8 Å². The molecule has 206 valence electrons. The van der Waals surface area contributed by atoms with E-state index in [1.165, 1.54) is 0 Å². The Bertz CT molecular complexity index is 1510. The van der Waals surface area contributed by atoms with Crippen LogP contribution in [-0.4, -0.2) is 59.1 Å². The van der Waals surface area contributed by atoms with Crippen LogP contribution < -0.4 is 14.2 Å². The van der Waals surface area contributed by atoms with Gasteiger partial charge in [-0.1, -0.05) is 30.3 Å². The molecule has 2 amide bonds. The summed E-state index contributed by atoms with van der Waals surface area (Å²) < 4.78 is 16.5. The van der Waals surface area contributed by atoms with Gasteiger partial charge in [-0.15, -0.1) is 0 Å². The number of rotatable bonds is 11. The van der Waals surface area contributed by atoms with Gasteiger partial charge in [-0.3, -0.25) is 9.59 Å². The number of amides is 2. The van der Waals surface area contributed by atoms with Gasteiger partial charge in [-0.2, -0.15) is 0 Å². The van der Waals surface area contributed by atoms with Crippen LogP contribution in [-0.2, 0) is 17.8 Å². The van der Waals surface area contributed by atoms with Gasteiger partial charge in [0.25, 0.3) is 5.91 Å². The minimum atomic E-state index is -0.160. The average Bonchev–Trinajstić information content (AvgIpc) is 3.56. The second-order valence-corrected chi connectivity index (χ2v) is 10.2. The number of nitrogens with zero attached hydrogens (tertiary/aromatic N) is 2. The lowest BCUT2D eigenvalue weighted by molar-refractivity contribution is -0.132. The third kappa shape index (κ3) is 5.61. The predicted octanol–water partition coefficient (Wildman–Crippen LogP) is 5.17. The maximum absolute atomic E-state index is 13.9. The molecule has 1 aromatic heterocycles. The van der Waals surface area contributed by atoms with E-state index < -0.39 is 0 Å². The lowest BCUT2D eigenvalue weighted by atomic mass is 10.1. The van der Waals surface area contributed by atoms with Crippen molar-refractivity contribution in [1.29, 1.82) is 0 Å². The van der Waals surface area contributed by atoms with Crippen LogP contribution in [0.4, 0.5) is 0 Å². The number of hydrogen-bond donors (Lipinski definition) is 1. The fourth-order valence-corrected chi connectivity index (χ4v) is 5.16. The van der Waals surface area contributed by atoms with Crippen molar-refractivity contribution in [3.63, 3.8) is 0 Å². The normalized spacial score (nSPS) is 13.8. The highest BCUT2D eigenvalue weighted by molar-refractivity contribution is 5.97. The van der Waals surface area contributed by atoms with E-state index in [4.69, 9.17) is 14.2 Å². The van der Waals surface area contributed by atoms with Gasteiger partial charge in [0.15, 0.2) is 11.5 Å². The molecule has 4 aromatic rings. The monoisotopic (exact) mass is 539 g/mol. The molecule has 2 heterocycles. The number of H-pyrrole nitrogens is 1. The molecule has 1 N–H and O–H groups in total. The molecule has 2 aliphatic rings. The van der Waals surface area contributed by atoms with E-state index in [-0.39, 0.29) is 31.2 Å². The molecule has 8 nitrogen and oxygen atoms in total. The number of para-hydroxylation sites is 1. The van der Waals surface area contributed by atoms with Crippen LogP contribution >= 0.6 is 0 Å². The number of fused-ring (bicyclic) bond motifs is 2. The molecule has 0 radical (unpaired) electrons. The maximum Gasteiger partial charge on any atom is 0.254 e. The Balaban J connectivity index is 1.21. The summed E-state index contributed by atoms with van der Waals surface area (Å²) in [4.78, 5) is 34.3. The second-order valence-electron chi connectivity index (χ2n) is 10.2. The van der Waals surface area contributed by atoms with E-state index in [9.17, 15) is 9.59 Å². The van der Waals surface area contributed by atoms with E-state index in [1.807, 2.05) is 54.4 Å². The van der Waals surface area contributed by atoms with Crippen LogP contribution in [0.15, 0.2) is 72.9 Å². The maximum atomic E-state index is 13.9. The summed E-state index contributed by atoms with van der Waals surface area (Å²) in [6, 6.07) is 21.3. The number of carbonyl (C=O) groups is 2. The molecular formula is C32H33N3O5. The molecule has 1 aliphatic carbocycles. The first-order chi connectivity index (χ1) is 19.6. The molecular weight excluding hydrogens is 506 g/mol. The van der Waals surface area contributed by atoms with Crippen molar-refractivity contribution in [2.45, 2.75) is 38.8 Å². The van der Waals surface area contributed by atoms with Gasteiger partial charge in [0.2, 0.25) is 12.7 Å². The Morgan fingerprint density at radius 2 is 1.80 bits per heavy atom. The van der Waals surface area contributed by atoms with E-state index in [2.05, 4.69) is 17.1 Å². The number of nitrogens with one attached hydrogen (secondary N) is 1. The third-order valence-corrected chi connectivity index (χ3v) is 7.46. The van der Waals surface area contributed by atoms with Crippen LogP contribution in [0.2, 0.25) is 0 Å². The number of aromatic nitrogens is 1. The molecule has 0 saturated heterocycles. The highest BCUT2D eigenvalue weighted by Gasteiger charge is 2.35. The lowest BCUT2D eigenvalue weighted by Gasteiger charge is -2.28. The predicted molar refractivity (Wildman–Crippen MR) is 152 cm³/mol. The molecule has 1 aliphatic heterocycles. The summed E-state index contributed by atoms with van der Waals surface area (Å²) in [5.41, 5.74) is 3.75. The van der Waals surface area contributed by atoms with Crippen LogP contribution in [0.5, 0.6) is 17.2 Å². The summed E-state index contributed by atoms with van der Waals surface area (Å²) in [7, 11) is 0. The minimum Gasteiger partial charge on any atom is -0.494 e. The van der Waals surface area contributed by atoms with Crippen molar-refractivity contribution in [3.05, 3.63) is 89.6 Å². The quantitative estimate of drug-likeness (QED) is 0.284. The van der Waals surface area contributed by atoms with Crippen molar-refractivity contribution in [2.75, 3.05) is 26.5 Å². The number of benzene rings is 3. The Labute approximate surface area is 233 Å². The second kappa shape index (κ2) is 11.3. The Morgan fingerprint density at radius 3 is 2.60 bits per heavy atom. The summed E-state index contributed by atoms with van der Waals surface area (Å²) >= 11 is 0. The number of aromatic amines is 1. The zero-order valence-corrected chi connectivity index (χ0v) is 22.6.